The van der Waals surface area contributed by atoms with E-state index in [1.165, 1.54) is 5.56 Å². The molecule has 3 aromatic carbocycles. The Labute approximate surface area is 190 Å². The average Bonchev–Trinajstić information content (AvgIpc) is 3.16. The number of halogens is 2. The summed E-state index contributed by atoms with van der Waals surface area (Å²) in [5.41, 5.74) is 4.67. The minimum atomic E-state index is -0.398. The van der Waals surface area contributed by atoms with Gasteiger partial charge in [-0.15, -0.1) is 0 Å². The molecule has 4 nitrogen and oxygen atoms in total. The number of nitrogens with zero attached hydrogens (tertiary/aromatic N) is 1. The molecule has 156 valence electrons. The van der Waals surface area contributed by atoms with Gasteiger partial charge in [0.05, 0.1) is 12.5 Å². The normalized spacial score (nSPS) is 15.8. The number of amides is 1. The fraction of sp³-hybridized carbons (Fsp3) is 0.160. The largest absolute Gasteiger partial charge is 0.508 e. The fourth-order valence-corrected chi connectivity index (χ4v) is 4.83. The van der Waals surface area contributed by atoms with Crippen molar-refractivity contribution in [1.82, 2.24) is 9.88 Å². The smallest absolute Gasteiger partial charge is 0.227 e. The van der Waals surface area contributed by atoms with Crippen LogP contribution in [-0.4, -0.2) is 27.4 Å². The van der Waals surface area contributed by atoms with E-state index in [4.69, 9.17) is 23.2 Å². The molecule has 1 unspecified atom stereocenters. The van der Waals surface area contributed by atoms with Gasteiger partial charge in [-0.05, 0) is 59.5 Å². The molecular weight excluding hydrogens is 431 g/mol. The first-order valence-corrected chi connectivity index (χ1v) is 10.9. The predicted molar refractivity (Wildman–Crippen MR) is 124 cm³/mol. The lowest BCUT2D eigenvalue weighted by molar-refractivity contribution is -0.132. The SMILES string of the molecule is O=C(Cc1c[nH]c2ccc(Cl)cc12)N1CCc2ccccc2C1c1cc(Cl)ccc1O. The van der Waals surface area contributed by atoms with Gasteiger partial charge in [-0.1, -0.05) is 47.5 Å². The van der Waals surface area contributed by atoms with Crippen LogP contribution < -0.4 is 0 Å². The number of aromatic hydroxyl groups is 1. The van der Waals surface area contributed by atoms with Gasteiger partial charge in [-0.2, -0.15) is 0 Å². The third-order valence-electron chi connectivity index (χ3n) is 5.96. The molecule has 1 amide bonds. The molecule has 2 heterocycles. The summed E-state index contributed by atoms with van der Waals surface area (Å²) in [6.07, 6.45) is 2.86. The van der Waals surface area contributed by atoms with Crippen LogP contribution in [0.5, 0.6) is 5.75 Å². The summed E-state index contributed by atoms with van der Waals surface area (Å²) in [5, 5.41) is 12.7. The first-order chi connectivity index (χ1) is 15.0. The van der Waals surface area contributed by atoms with Gasteiger partial charge >= 0.3 is 0 Å². The molecule has 0 saturated carbocycles. The highest BCUT2D eigenvalue weighted by molar-refractivity contribution is 6.31. The van der Waals surface area contributed by atoms with Crippen LogP contribution in [0.15, 0.2) is 66.9 Å². The average molecular weight is 451 g/mol. The lowest BCUT2D eigenvalue weighted by Gasteiger charge is -2.38. The summed E-state index contributed by atoms with van der Waals surface area (Å²) in [4.78, 5) is 18.6. The molecule has 0 spiro atoms. The van der Waals surface area contributed by atoms with E-state index in [0.29, 0.717) is 22.2 Å². The van der Waals surface area contributed by atoms with Crippen molar-refractivity contribution in [2.75, 3.05) is 6.54 Å². The monoisotopic (exact) mass is 450 g/mol. The zero-order chi connectivity index (χ0) is 21.5. The number of phenolic OH excluding ortho intramolecular Hbond substituents is 1. The minimum Gasteiger partial charge on any atom is -0.508 e. The van der Waals surface area contributed by atoms with E-state index < -0.39 is 6.04 Å². The molecule has 0 fully saturated rings. The second kappa shape index (κ2) is 7.95. The number of carbonyl (C=O) groups excluding carboxylic acids is 1. The molecule has 5 rings (SSSR count). The van der Waals surface area contributed by atoms with E-state index in [2.05, 4.69) is 11.1 Å². The van der Waals surface area contributed by atoms with Crippen LogP contribution >= 0.6 is 23.2 Å². The van der Waals surface area contributed by atoms with Crippen molar-refractivity contribution in [2.45, 2.75) is 18.9 Å². The quantitative estimate of drug-likeness (QED) is 0.408. The maximum absolute atomic E-state index is 13.5. The van der Waals surface area contributed by atoms with Crippen LogP contribution in [0.25, 0.3) is 10.9 Å². The van der Waals surface area contributed by atoms with Crippen LogP contribution in [0.3, 0.4) is 0 Å². The van der Waals surface area contributed by atoms with Crippen molar-refractivity contribution in [3.8, 4) is 5.75 Å². The maximum atomic E-state index is 13.5. The van der Waals surface area contributed by atoms with E-state index in [1.54, 1.807) is 18.2 Å². The second-order valence-electron chi connectivity index (χ2n) is 7.82. The first kappa shape index (κ1) is 20.0. The molecule has 1 aliphatic heterocycles. The molecule has 0 bridgehead atoms. The Hall–Kier alpha value is -2.95. The van der Waals surface area contributed by atoms with Crippen molar-refractivity contribution in [2.24, 2.45) is 0 Å². The van der Waals surface area contributed by atoms with E-state index in [0.717, 1.165) is 28.5 Å². The van der Waals surface area contributed by atoms with Gasteiger partial charge < -0.3 is 15.0 Å². The highest BCUT2D eigenvalue weighted by atomic mass is 35.5. The van der Waals surface area contributed by atoms with Gasteiger partial charge in [-0.3, -0.25) is 4.79 Å². The molecule has 0 radical (unpaired) electrons. The van der Waals surface area contributed by atoms with Gasteiger partial charge in [0.2, 0.25) is 5.91 Å². The maximum Gasteiger partial charge on any atom is 0.227 e. The number of benzene rings is 3. The third kappa shape index (κ3) is 3.67. The number of rotatable bonds is 3. The molecule has 1 aliphatic rings. The van der Waals surface area contributed by atoms with Crippen molar-refractivity contribution in [1.29, 1.82) is 0 Å². The molecule has 2 N–H and O–H groups in total. The van der Waals surface area contributed by atoms with Gasteiger partial charge in [0.25, 0.3) is 0 Å². The van der Waals surface area contributed by atoms with Crippen LogP contribution in [0.1, 0.15) is 28.3 Å². The van der Waals surface area contributed by atoms with Crippen molar-refractivity contribution in [3.05, 3.63) is 99.2 Å². The summed E-state index contributed by atoms with van der Waals surface area (Å²) in [5.74, 6) is 0.113. The minimum absolute atomic E-state index is 0.0141. The first-order valence-electron chi connectivity index (χ1n) is 10.1. The van der Waals surface area contributed by atoms with Crippen molar-refractivity contribution < 1.29 is 9.90 Å². The molecule has 0 aliphatic carbocycles. The Kier molecular flexibility index (Phi) is 5.12. The molecule has 6 heteroatoms. The third-order valence-corrected chi connectivity index (χ3v) is 6.43. The van der Waals surface area contributed by atoms with Gasteiger partial charge in [0, 0.05) is 39.3 Å². The molecule has 31 heavy (non-hydrogen) atoms. The number of phenols is 1. The lowest BCUT2D eigenvalue weighted by Crippen LogP contribution is -2.41. The Morgan fingerprint density at radius 2 is 1.81 bits per heavy atom. The highest BCUT2D eigenvalue weighted by Gasteiger charge is 2.33. The fourth-order valence-electron chi connectivity index (χ4n) is 4.48. The topological polar surface area (TPSA) is 56.3 Å². The molecule has 1 atom stereocenters. The summed E-state index contributed by atoms with van der Waals surface area (Å²) in [6, 6.07) is 18.3. The second-order valence-corrected chi connectivity index (χ2v) is 8.70. The van der Waals surface area contributed by atoms with Crippen LogP contribution in [-0.2, 0) is 17.6 Å². The molecular formula is C25H20Cl2N2O2. The lowest BCUT2D eigenvalue weighted by atomic mass is 9.87. The zero-order valence-electron chi connectivity index (χ0n) is 16.6. The number of carbonyl (C=O) groups is 1. The van der Waals surface area contributed by atoms with Crippen molar-refractivity contribution in [3.63, 3.8) is 0 Å². The van der Waals surface area contributed by atoms with E-state index in [-0.39, 0.29) is 18.1 Å². The number of hydrogen-bond acceptors (Lipinski definition) is 2. The summed E-state index contributed by atoms with van der Waals surface area (Å²) in [7, 11) is 0. The van der Waals surface area contributed by atoms with E-state index in [9.17, 15) is 9.90 Å². The van der Waals surface area contributed by atoms with Crippen LogP contribution in [0.4, 0.5) is 0 Å². The number of hydrogen-bond donors (Lipinski definition) is 2. The predicted octanol–water partition coefficient (Wildman–Crippen LogP) is 5.90. The molecule has 4 aromatic rings. The standard InChI is InChI=1S/C25H20Cl2N2O2/c26-17-5-7-22-20(12-17)16(14-28-22)11-24(31)29-10-9-15-3-1-2-4-19(15)25(29)21-13-18(27)6-8-23(21)30/h1-8,12-14,25,28,30H,9-11H2. The summed E-state index contributed by atoms with van der Waals surface area (Å²) < 4.78 is 0. The molecule has 1 aromatic heterocycles. The van der Waals surface area contributed by atoms with Crippen molar-refractivity contribution >= 4 is 40.0 Å². The van der Waals surface area contributed by atoms with E-state index in [1.807, 2.05) is 47.5 Å². The zero-order valence-corrected chi connectivity index (χ0v) is 18.1. The summed E-state index contributed by atoms with van der Waals surface area (Å²) in [6.45, 7) is 0.565. The summed E-state index contributed by atoms with van der Waals surface area (Å²) >= 11 is 12.4. The Morgan fingerprint density at radius 1 is 1.03 bits per heavy atom. The number of nitrogens with one attached hydrogen (secondary N) is 1. The number of H-pyrrole nitrogens is 1. The Morgan fingerprint density at radius 3 is 2.68 bits per heavy atom. The Balaban J connectivity index is 1.55. The number of fused-ring (bicyclic) bond motifs is 2. The highest BCUT2D eigenvalue weighted by Crippen LogP contribution is 2.40. The number of aromatic amines is 1. The Bertz CT molecular complexity index is 1300. The van der Waals surface area contributed by atoms with E-state index >= 15 is 0 Å². The van der Waals surface area contributed by atoms with Crippen LogP contribution in [0, 0.1) is 0 Å². The van der Waals surface area contributed by atoms with Gasteiger partial charge in [0.1, 0.15) is 5.75 Å². The number of aromatic nitrogens is 1. The van der Waals surface area contributed by atoms with Crippen LogP contribution in [0.2, 0.25) is 10.0 Å². The molecule has 0 saturated heterocycles. The van der Waals surface area contributed by atoms with Gasteiger partial charge in [-0.25, -0.2) is 0 Å². The van der Waals surface area contributed by atoms with Gasteiger partial charge in [0.15, 0.2) is 0 Å².